The quantitative estimate of drug-likeness (QED) is 0.107. The smallest absolute Gasteiger partial charge is 0.431 e. The van der Waals surface area contributed by atoms with Gasteiger partial charge in [-0.25, -0.2) is 0 Å². The van der Waals surface area contributed by atoms with Gasteiger partial charge in [-0.3, -0.25) is 19.7 Å². The molecule has 4 aromatic rings. The maximum Gasteiger partial charge on any atom is 0.431 e. The molecule has 0 bridgehead atoms. The fourth-order valence-electron chi connectivity index (χ4n) is 6.02. The van der Waals surface area contributed by atoms with Crippen molar-refractivity contribution in [1.82, 2.24) is 9.47 Å². The molecular weight excluding hydrogens is 651 g/mol. The summed E-state index contributed by atoms with van der Waals surface area (Å²) in [6.45, 7) is -1.02. The maximum absolute atomic E-state index is 15.5. The van der Waals surface area contributed by atoms with Gasteiger partial charge < -0.3 is 33.5 Å². The minimum Gasteiger partial charge on any atom is -0.493 e. The van der Waals surface area contributed by atoms with Crippen molar-refractivity contribution < 1.29 is 51.7 Å². The Morgan fingerprint density at radius 1 is 0.980 bits per heavy atom. The molecule has 1 amide bonds. The molecule has 1 aliphatic rings. The Kier molecular flexibility index (Phi) is 10.4. The van der Waals surface area contributed by atoms with Gasteiger partial charge in [0.05, 0.1) is 24.0 Å². The second-order valence-electron chi connectivity index (χ2n) is 11.5. The van der Waals surface area contributed by atoms with Gasteiger partial charge in [0.2, 0.25) is 0 Å². The van der Waals surface area contributed by atoms with Gasteiger partial charge in [0.1, 0.15) is 12.9 Å². The SMILES string of the molecule is COCOC(C(=O)N1CCC(Oc2ccc(CC(=O)O)cc2OC)CC1)(c1cn(Cc2ccccc2)c2cc([N+](=O)[O-])ccc12)C(F)(F)F. The Hall–Kier alpha value is -5.15. The predicted octanol–water partition coefficient (Wildman–Crippen LogP) is 5.68. The number of rotatable bonds is 13. The number of aliphatic carboxylic acids is 1. The van der Waals surface area contributed by atoms with E-state index in [1.165, 1.54) is 36.1 Å². The van der Waals surface area contributed by atoms with Gasteiger partial charge in [-0.2, -0.15) is 13.2 Å². The molecule has 3 aromatic carbocycles. The molecule has 1 saturated heterocycles. The first-order valence-corrected chi connectivity index (χ1v) is 15.2. The van der Waals surface area contributed by atoms with Crippen LogP contribution in [0.4, 0.5) is 18.9 Å². The second-order valence-corrected chi connectivity index (χ2v) is 11.5. The number of carbonyl (C=O) groups is 2. The van der Waals surface area contributed by atoms with Crippen molar-refractivity contribution in [3.8, 4) is 11.5 Å². The normalized spacial score (nSPS) is 15.2. The molecule has 49 heavy (non-hydrogen) atoms. The highest BCUT2D eigenvalue weighted by Gasteiger charge is 2.65. The second kappa shape index (κ2) is 14.5. The first kappa shape index (κ1) is 35.2. The van der Waals surface area contributed by atoms with E-state index in [-0.39, 0.29) is 55.5 Å². The number of non-ortho nitro benzene ring substituents is 1. The number of nitro groups is 1. The number of alkyl halides is 3. The van der Waals surface area contributed by atoms with Crippen LogP contribution in [0.25, 0.3) is 10.9 Å². The number of nitrogens with zero attached hydrogens (tertiary/aromatic N) is 3. The molecule has 1 N–H and O–H groups in total. The Labute approximate surface area is 278 Å². The van der Waals surface area contributed by atoms with E-state index in [1.807, 2.05) is 0 Å². The largest absolute Gasteiger partial charge is 0.493 e. The zero-order valence-electron chi connectivity index (χ0n) is 26.6. The fraction of sp³-hybridized carbons (Fsp3) is 0.353. The lowest BCUT2D eigenvalue weighted by atomic mass is 9.89. The van der Waals surface area contributed by atoms with E-state index < -0.39 is 47.0 Å². The molecule has 0 aliphatic carbocycles. The number of amides is 1. The summed E-state index contributed by atoms with van der Waals surface area (Å²) in [5, 5.41) is 20.7. The van der Waals surface area contributed by atoms with E-state index in [2.05, 4.69) is 0 Å². The lowest BCUT2D eigenvalue weighted by molar-refractivity contribution is -0.384. The summed E-state index contributed by atoms with van der Waals surface area (Å²) in [5.41, 5.74) is -3.04. The molecule has 15 heteroatoms. The topological polar surface area (TPSA) is 143 Å². The third-order valence-electron chi connectivity index (χ3n) is 8.35. The van der Waals surface area contributed by atoms with Crippen molar-refractivity contribution in [2.45, 2.75) is 43.7 Å². The van der Waals surface area contributed by atoms with E-state index in [0.29, 0.717) is 17.1 Å². The number of likely N-dealkylation sites (tertiary alicyclic amines) is 1. The van der Waals surface area contributed by atoms with Crippen molar-refractivity contribution in [2.75, 3.05) is 34.1 Å². The number of aromatic nitrogens is 1. The highest BCUT2D eigenvalue weighted by Crippen LogP contribution is 2.48. The van der Waals surface area contributed by atoms with Crippen LogP contribution in [-0.4, -0.2) is 77.8 Å². The number of carboxylic acid groups (broad SMARTS) is 1. The molecule has 0 spiro atoms. The van der Waals surface area contributed by atoms with E-state index in [0.717, 1.165) is 23.6 Å². The number of hydrogen-bond acceptors (Lipinski definition) is 8. The summed E-state index contributed by atoms with van der Waals surface area (Å²) in [6, 6.07) is 17.0. The average molecular weight is 686 g/mol. The monoisotopic (exact) mass is 685 g/mol. The number of halogens is 3. The summed E-state index contributed by atoms with van der Waals surface area (Å²) in [7, 11) is 2.54. The van der Waals surface area contributed by atoms with Crippen LogP contribution in [-0.2, 0) is 37.6 Å². The standard InChI is InChI=1S/C34H34F3N3O9/c1-46-21-48-33(34(35,36)37,27-20-39(19-22-6-4-3-5-7-22)28-18-24(40(44)45)9-10-26(27)28)32(43)38-14-12-25(13-15-38)49-29-11-8-23(17-31(41)42)16-30(29)47-2/h3-11,16,18,20,25H,12-15,17,19,21H2,1-2H3,(H,41,42). The minimum atomic E-state index is -5.28. The van der Waals surface area contributed by atoms with Crippen LogP contribution < -0.4 is 9.47 Å². The highest BCUT2D eigenvalue weighted by molar-refractivity contribution is 5.96. The molecule has 1 atom stereocenters. The van der Waals surface area contributed by atoms with Gasteiger partial charge in [-0.15, -0.1) is 0 Å². The predicted molar refractivity (Wildman–Crippen MR) is 169 cm³/mol. The molecule has 260 valence electrons. The van der Waals surface area contributed by atoms with Gasteiger partial charge in [0.25, 0.3) is 17.2 Å². The number of hydrogen-bond donors (Lipinski definition) is 1. The Bertz CT molecular complexity index is 1820. The molecular formula is C34H34F3N3O9. The van der Waals surface area contributed by atoms with Crippen molar-refractivity contribution in [3.05, 3.63) is 99.7 Å². The van der Waals surface area contributed by atoms with Crippen molar-refractivity contribution in [3.63, 3.8) is 0 Å². The zero-order valence-corrected chi connectivity index (χ0v) is 26.6. The van der Waals surface area contributed by atoms with E-state index in [1.54, 1.807) is 42.5 Å². The molecule has 0 saturated carbocycles. The molecule has 12 nitrogen and oxygen atoms in total. The number of benzene rings is 3. The lowest BCUT2D eigenvalue weighted by Crippen LogP contribution is -2.59. The number of fused-ring (bicyclic) bond motifs is 1. The van der Waals surface area contributed by atoms with E-state index in [4.69, 9.17) is 24.1 Å². The Morgan fingerprint density at radius 2 is 1.69 bits per heavy atom. The van der Waals surface area contributed by atoms with Crippen LogP contribution in [0.2, 0.25) is 0 Å². The highest BCUT2D eigenvalue weighted by atomic mass is 19.4. The molecule has 1 unspecified atom stereocenters. The molecule has 1 aliphatic heterocycles. The molecule has 5 rings (SSSR count). The number of methoxy groups -OCH3 is 2. The average Bonchev–Trinajstić information content (AvgIpc) is 3.43. The lowest BCUT2D eigenvalue weighted by Gasteiger charge is -2.40. The van der Waals surface area contributed by atoms with Crippen LogP contribution in [0.15, 0.2) is 72.9 Å². The third kappa shape index (κ3) is 7.32. The van der Waals surface area contributed by atoms with E-state index in [9.17, 15) is 19.7 Å². The first-order chi connectivity index (χ1) is 23.4. The summed E-state index contributed by atoms with van der Waals surface area (Å²) < 4.78 is 69.7. The zero-order chi connectivity index (χ0) is 35.3. The van der Waals surface area contributed by atoms with Gasteiger partial charge in [-0.05, 0) is 29.3 Å². The minimum absolute atomic E-state index is 0.0417. The van der Waals surface area contributed by atoms with Gasteiger partial charge in [0, 0.05) is 68.9 Å². The van der Waals surface area contributed by atoms with Crippen LogP contribution in [0, 0.1) is 10.1 Å². The maximum atomic E-state index is 15.5. The summed E-state index contributed by atoms with van der Waals surface area (Å²) >= 11 is 0. The first-order valence-electron chi connectivity index (χ1n) is 15.2. The number of carbonyl (C=O) groups excluding carboxylic acids is 1. The van der Waals surface area contributed by atoms with Gasteiger partial charge in [0.15, 0.2) is 11.5 Å². The van der Waals surface area contributed by atoms with Crippen molar-refractivity contribution >= 4 is 28.5 Å². The molecule has 2 heterocycles. The number of ether oxygens (including phenoxy) is 4. The summed E-state index contributed by atoms with van der Waals surface area (Å²) in [6.07, 6.45) is -4.48. The van der Waals surface area contributed by atoms with Crippen LogP contribution in [0.1, 0.15) is 29.5 Å². The molecule has 1 fully saturated rings. The summed E-state index contributed by atoms with van der Waals surface area (Å²) in [4.78, 5) is 37.4. The number of piperidine rings is 1. The van der Waals surface area contributed by atoms with Crippen LogP contribution in [0.5, 0.6) is 11.5 Å². The molecule has 1 aromatic heterocycles. The Balaban J connectivity index is 1.49. The molecule has 0 radical (unpaired) electrons. The third-order valence-corrected chi connectivity index (χ3v) is 8.35. The van der Waals surface area contributed by atoms with Gasteiger partial charge in [-0.1, -0.05) is 36.4 Å². The fourth-order valence-corrected chi connectivity index (χ4v) is 6.02. The Morgan fingerprint density at radius 3 is 2.31 bits per heavy atom. The van der Waals surface area contributed by atoms with Gasteiger partial charge >= 0.3 is 12.1 Å². The van der Waals surface area contributed by atoms with Crippen molar-refractivity contribution in [1.29, 1.82) is 0 Å². The number of nitro benzene ring substituents is 1. The van der Waals surface area contributed by atoms with Crippen molar-refractivity contribution in [2.24, 2.45) is 0 Å². The summed E-state index contributed by atoms with van der Waals surface area (Å²) in [5.74, 6) is -1.74. The number of carboxylic acids is 1. The van der Waals surface area contributed by atoms with Crippen LogP contribution in [0.3, 0.4) is 0 Å². The van der Waals surface area contributed by atoms with E-state index >= 15 is 13.2 Å². The van der Waals surface area contributed by atoms with Crippen LogP contribution >= 0.6 is 0 Å².